The molecule has 3 nitrogen and oxygen atoms in total. The maximum atomic E-state index is 12.1. The van der Waals surface area contributed by atoms with Crippen molar-refractivity contribution < 1.29 is 0 Å². The fourth-order valence-corrected chi connectivity index (χ4v) is 2.30. The lowest BCUT2D eigenvalue weighted by molar-refractivity contribution is 0.591. The van der Waals surface area contributed by atoms with Crippen molar-refractivity contribution in [3.63, 3.8) is 0 Å². The van der Waals surface area contributed by atoms with Crippen LogP contribution < -0.4 is 5.56 Å². The average Bonchev–Trinajstić information content (AvgIpc) is 2.35. The van der Waals surface area contributed by atoms with Crippen molar-refractivity contribution in [3.8, 4) is 6.07 Å². The molecule has 0 amide bonds. The topological polar surface area (TPSA) is 45.8 Å². The summed E-state index contributed by atoms with van der Waals surface area (Å²) in [5.41, 5.74) is 2.89. The van der Waals surface area contributed by atoms with Gasteiger partial charge in [-0.05, 0) is 35.6 Å². The van der Waals surface area contributed by atoms with Crippen LogP contribution >= 0.6 is 0 Å². The molecule has 98 valence electrons. The summed E-state index contributed by atoms with van der Waals surface area (Å²) in [6.45, 7) is 8.29. The highest BCUT2D eigenvalue weighted by Crippen LogP contribution is 2.27. The molecule has 0 aliphatic carbocycles. The number of aromatic nitrogens is 1. The average molecular weight is 254 g/mol. The van der Waals surface area contributed by atoms with Crippen LogP contribution in [0.15, 0.2) is 23.0 Å². The lowest BCUT2D eigenvalue weighted by atomic mass is 9.85. The molecule has 0 saturated carbocycles. The van der Waals surface area contributed by atoms with E-state index in [0.717, 1.165) is 16.5 Å². The first-order valence-corrected chi connectivity index (χ1v) is 6.31. The summed E-state index contributed by atoms with van der Waals surface area (Å²) in [7, 11) is 1.71. The van der Waals surface area contributed by atoms with Crippen LogP contribution in [0, 0.1) is 18.3 Å². The van der Waals surface area contributed by atoms with Gasteiger partial charge in [0.25, 0.3) is 5.56 Å². The zero-order chi connectivity index (χ0) is 14.4. The summed E-state index contributed by atoms with van der Waals surface area (Å²) in [5.74, 6) is 0. The first kappa shape index (κ1) is 13.4. The molecule has 0 N–H and O–H groups in total. The fourth-order valence-electron chi connectivity index (χ4n) is 2.30. The first-order chi connectivity index (χ1) is 8.77. The Morgan fingerprint density at radius 3 is 2.42 bits per heavy atom. The number of benzene rings is 1. The molecule has 0 saturated heterocycles. The third kappa shape index (κ3) is 2.04. The number of nitriles is 1. The second-order valence-electron chi connectivity index (χ2n) is 5.96. The van der Waals surface area contributed by atoms with Gasteiger partial charge in [-0.1, -0.05) is 26.8 Å². The number of hydrogen-bond acceptors (Lipinski definition) is 2. The number of pyridine rings is 1. The van der Waals surface area contributed by atoms with E-state index in [9.17, 15) is 4.79 Å². The molecule has 0 bridgehead atoms. The van der Waals surface area contributed by atoms with E-state index < -0.39 is 0 Å². The molecule has 1 aromatic heterocycles. The summed E-state index contributed by atoms with van der Waals surface area (Å²) in [5, 5.41) is 10.1. The van der Waals surface area contributed by atoms with Crippen LogP contribution in [0.4, 0.5) is 0 Å². The third-order valence-corrected chi connectivity index (χ3v) is 3.63. The molecule has 3 heteroatoms. The van der Waals surface area contributed by atoms with E-state index in [1.807, 2.05) is 25.1 Å². The van der Waals surface area contributed by atoms with Crippen molar-refractivity contribution >= 4 is 10.9 Å². The molecule has 2 rings (SSSR count). The molecule has 0 radical (unpaired) electrons. The van der Waals surface area contributed by atoms with Gasteiger partial charge in [0.15, 0.2) is 0 Å². The Hall–Kier alpha value is -2.08. The molecule has 1 aromatic carbocycles. The van der Waals surface area contributed by atoms with E-state index in [0.29, 0.717) is 0 Å². The molecule has 0 fully saturated rings. The third-order valence-electron chi connectivity index (χ3n) is 3.63. The standard InChI is InChI=1S/C16H18N2O/c1-10-12-8-11(16(2,3)4)6-7-14(12)18(5)15(19)13(10)9-17/h6-8H,1-5H3. The number of rotatable bonds is 0. The first-order valence-electron chi connectivity index (χ1n) is 6.31. The second kappa shape index (κ2) is 4.24. The predicted molar refractivity (Wildman–Crippen MR) is 77.3 cm³/mol. The highest BCUT2D eigenvalue weighted by Gasteiger charge is 2.17. The van der Waals surface area contributed by atoms with Crippen molar-refractivity contribution in [1.82, 2.24) is 4.57 Å². The van der Waals surface area contributed by atoms with Crippen LogP contribution in [-0.4, -0.2) is 4.57 Å². The normalized spacial score (nSPS) is 11.6. The van der Waals surface area contributed by atoms with E-state index in [4.69, 9.17) is 5.26 Å². The quantitative estimate of drug-likeness (QED) is 0.725. The fraction of sp³-hybridized carbons (Fsp3) is 0.375. The van der Waals surface area contributed by atoms with Gasteiger partial charge in [-0.2, -0.15) is 5.26 Å². The summed E-state index contributed by atoms with van der Waals surface area (Å²) < 4.78 is 1.55. The maximum absolute atomic E-state index is 12.1. The van der Waals surface area contributed by atoms with Crippen molar-refractivity contribution in [2.45, 2.75) is 33.1 Å². The van der Waals surface area contributed by atoms with Gasteiger partial charge >= 0.3 is 0 Å². The molecule has 2 aromatic rings. The van der Waals surface area contributed by atoms with Gasteiger partial charge in [0.1, 0.15) is 11.6 Å². The van der Waals surface area contributed by atoms with E-state index in [1.54, 1.807) is 11.6 Å². The number of fused-ring (bicyclic) bond motifs is 1. The maximum Gasteiger partial charge on any atom is 0.268 e. The van der Waals surface area contributed by atoms with Gasteiger partial charge in [-0.3, -0.25) is 4.79 Å². The smallest absolute Gasteiger partial charge is 0.268 e. The molecule has 1 heterocycles. The Bertz CT molecular complexity index is 755. The minimum absolute atomic E-state index is 0.0438. The van der Waals surface area contributed by atoms with Crippen LogP contribution in [0.1, 0.15) is 37.5 Å². The Labute approximate surface area is 113 Å². The molecular weight excluding hydrogens is 236 g/mol. The summed E-state index contributed by atoms with van der Waals surface area (Å²) in [6, 6.07) is 8.12. The number of hydrogen-bond donors (Lipinski definition) is 0. The summed E-state index contributed by atoms with van der Waals surface area (Å²) in [4.78, 5) is 12.1. The minimum atomic E-state index is -0.226. The Morgan fingerprint density at radius 2 is 1.89 bits per heavy atom. The van der Waals surface area contributed by atoms with Crippen molar-refractivity contribution in [1.29, 1.82) is 5.26 Å². The highest BCUT2D eigenvalue weighted by atomic mass is 16.1. The molecule has 0 aliphatic rings. The van der Waals surface area contributed by atoms with E-state index >= 15 is 0 Å². The zero-order valence-corrected chi connectivity index (χ0v) is 12.0. The summed E-state index contributed by atoms with van der Waals surface area (Å²) >= 11 is 0. The lowest BCUT2D eigenvalue weighted by Gasteiger charge is -2.20. The molecule has 0 aliphatic heterocycles. The minimum Gasteiger partial charge on any atom is -0.310 e. The van der Waals surface area contributed by atoms with Gasteiger partial charge in [0, 0.05) is 12.4 Å². The van der Waals surface area contributed by atoms with Gasteiger partial charge in [-0.25, -0.2) is 0 Å². The van der Waals surface area contributed by atoms with Crippen LogP contribution in [-0.2, 0) is 12.5 Å². The second-order valence-corrected chi connectivity index (χ2v) is 5.96. The SMILES string of the molecule is Cc1c(C#N)c(=O)n(C)c2ccc(C(C)(C)C)cc12. The Morgan fingerprint density at radius 1 is 1.26 bits per heavy atom. The van der Waals surface area contributed by atoms with E-state index in [-0.39, 0.29) is 16.5 Å². The van der Waals surface area contributed by atoms with Gasteiger partial charge in [0.05, 0.1) is 5.52 Å². The van der Waals surface area contributed by atoms with Crippen molar-refractivity contribution in [2.75, 3.05) is 0 Å². The van der Waals surface area contributed by atoms with Gasteiger partial charge < -0.3 is 4.57 Å². The predicted octanol–water partition coefficient (Wildman–Crippen LogP) is 3.02. The highest BCUT2D eigenvalue weighted by molar-refractivity contribution is 5.85. The van der Waals surface area contributed by atoms with Gasteiger partial charge in [-0.15, -0.1) is 0 Å². The monoisotopic (exact) mass is 254 g/mol. The molecular formula is C16H18N2O. The molecule has 19 heavy (non-hydrogen) atoms. The summed E-state index contributed by atoms with van der Waals surface area (Å²) in [6.07, 6.45) is 0. The van der Waals surface area contributed by atoms with Crippen LogP contribution in [0.2, 0.25) is 0 Å². The number of aryl methyl sites for hydroxylation is 2. The molecule has 0 unspecified atom stereocenters. The Kier molecular flexibility index (Phi) is 2.98. The van der Waals surface area contributed by atoms with Crippen molar-refractivity contribution in [3.05, 3.63) is 45.2 Å². The van der Waals surface area contributed by atoms with Gasteiger partial charge in [0.2, 0.25) is 0 Å². The van der Waals surface area contributed by atoms with Crippen LogP contribution in [0.5, 0.6) is 0 Å². The Balaban J connectivity index is 2.96. The largest absolute Gasteiger partial charge is 0.310 e. The number of nitrogens with zero attached hydrogens (tertiary/aromatic N) is 2. The molecule has 0 atom stereocenters. The van der Waals surface area contributed by atoms with E-state index in [1.165, 1.54) is 5.56 Å². The van der Waals surface area contributed by atoms with Crippen molar-refractivity contribution in [2.24, 2.45) is 7.05 Å². The zero-order valence-electron chi connectivity index (χ0n) is 12.0. The molecule has 0 spiro atoms. The van der Waals surface area contributed by atoms with Crippen LogP contribution in [0.3, 0.4) is 0 Å². The van der Waals surface area contributed by atoms with E-state index in [2.05, 4.69) is 26.8 Å². The van der Waals surface area contributed by atoms with Crippen LogP contribution in [0.25, 0.3) is 10.9 Å². The lowest BCUT2D eigenvalue weighted by Crippen LogP contribution is -2.22.